The maximum atomic E-state index is 11.1. The van der Waals surface area contributed by atoms with Crippen molar-refractivity contribution in [2.24, 2.45) is 0 Å². The Morgan fingerprint density at radius 1 is 0.944 bits per heavy atom. The summed E-state index contributed by atoms with van der Waals surface area (Å²) < 4.78 is 0. The fourth-order valence-electron chi connectivity index (χ4n) is 3.09. The lowest BCUT2D eigenvalue weighted by Gasteiger charge is -2.22. The van der Waals surface area contributed by atoms with E-state index in [2.05, 4.69) is 34.9 Å². The summed E-state index contributed by atoms with van der Waals surface area (Å²) in [6.45, 7) is 0.696. The highest BCUT2D eigenvalue weighted by Crippen LogP contribution is 2.33. The first-order chi connectivity index (χ1) is 8.83. The average molecular weight is 244 g/mol. The third-order valence-electron chi connectivity index (χ3n) is 4.19. The van der Waals surface area contributed by atoms with E-state index in [0.29, 0.717) is 6.54 Å². The van der Waals surface area contributed by atoms with Crippen LogP contribution in [0.3, 0.4) is 0 Å². The van der Waals surface area contributed by atoms with E-state index in [1.165, 1.54) is 43.2 Å². The zero-order valence-electron chi connectivity index (χ0n) is 10.6. The van der Waals surface area contributed by atoms with E-state index < -0.39 is 0 Å². The van der Waals surface area contributed by atoms with Crippen molar-refractivity contribution in [2.45, 2.75) is 44.1 Å². The van der Waals surface area contributed by atoms with Crippen LogP contribution in [-0.2, 0) is 0 Å². The number of hydrogen-bond donors (Lipinski definition) is 2. The minimum Gasteiger partial charge on any atom is -0.336 e. The Morgan fingerprint density at radius 3 is 2.22 bits per heavy atom. The summed E-state index contributed by atoms with van der Waals surface area (Å²) in [5.41, 5.74) is 2.67. The van der Waals surface area contributed by atoms with Crippen molar-refractivity contribution in [3.05, 3.63) is 35.4 Å². The molecule has 1 unspecified atom stereocenters. The molecule has 1 saturated carbocycles. The van der Waals surface area contributed by atoms with Crippen molar-refractivity contribution in [2.75, 3.05) is 6.54 Å². The molecule has 96 valence electrons. The fourth-order valence-corrected chi connectivity index (χ4v) is 3.09. The lowest BCUT2D eigenvalue weighted by atomic mass is 9.84. The van der Waals surface area contributed by atoms with Crippen molar-refractivity contribution in [3.8, 4) is 0 Å². The second kappa shape index (κ2) is 5.01. The highest BCUT2D eigenvalue weighted by molar-refractivity contribution is 5.76. The molecule has 1 atom stereocenters. The molecule has 2 aliphatic rings. The standard InChI is InChI=1S/C15H20N2O/c18-15-16-10-14(17-15)13-8-6-12(7-9-13)11-4-2-1-3-5-11/h6-9,11,14H,1-5,10H2,(H2,16,17,18). The van der Waals surface area contributed by atoms with E-state index >= 15 is 0 Å². The minimum atomic E-state index is -0.0589. The lowest BCUT2D eigenvalue weighted by Crippen LogP contribution is -2.21. The molecule has 2 amide bonds. The number of hydrogen-bond acceptors (Lipinski definition) is 1. The molecule has 0 spiro atoms. The van der Waals surface area contributed by atoms with Crippen molar-refractivity contribution in [3.63, 3.8) is 0 Å². The number of rotatable bonds is 2. The molecular weight excluding hydrogens is 224 g/mol. The van der Waals surface area contributed by atoms with Gasteiger partial charge in [0.25, 0.3) is 0 Å². The van der Waals surface area contributed by atoms with Crippen molar-refractivity contribution >= 4 is 6.03 Å². The van der Waals surface area contributed by atoms with Crippen molar-refractivity contribution in [1.29, 1.82) is 0 Å². The third-order valence-corrected chi connectivity index (χ3v) is 4.19. The number of urea groups is 1. The van der Waals surface area contributed by atoms with Gasteiger partial charge in [0.2, 0.25) is 0 Å². The van der Waals surface area contributed by atoms with Gasteiger partial charge in [-0.05, 0) is 29.9 Å². The summed E-state index contributed by atoms with van der Waals surface area (Å²) in [6.07, 6.45) is 6.81. The quantitative estimate of drug-likeness (QED) is 0.824. The fraction of sp³-hybridized carbons (Fsp3) is 0.533. The molecule has 1 aliphatic carbocycles. The van der Waals surface area contributed by atoms with Gasteiger partial charge in [0, 0.05) is 6.54 Å². The largest absolute Gasteiger partial charge is 0.336 e. The Labute approximate surface area is 108 Å². The van der Waals surface area contributed by atoms with Gasteiger partial charge >= 0.3 is 6.03 Å². The van der Waals surface area contributed by atoms with Crippen LogP contribution in [0.25, 0.3) is 0 Å². The van der Waals surface area contributed by atoms with Crippen LogP contribution < -0.4 is 10.6 Å². The molecule has 1 heterocycles. The van der Waals surface area contributed by atoms with E-state index in [1.807, 2.05) is 0 Å². The molecule has 2 N–H and O–H groups in total. The van der Waals surface area contributed by atoms with E-state index in [4.69, 9.17) is 0 Å². The third kappa shape index (κ3) is 2.35. The van der Waals surface area contributed by atoms with Gasteiger partial charge in [0.15, 0.2) is 0 Å². The highest BCUT2D eigenvalue weighted by atomic mass is 16.2. The minimum absolute atomic E-state index is 0.0589. The summed E-state index contributed by atoms with van der Waals surface area (Å²) in [6, 6.07) is 8.91. The second-order valence-corrected chi connectivity index (χ2v) is 5.41. The van der Waals surface area contributed by atoms with Crippen LogP contribution in [0, 0.1) is 0 Å². The number of benzene rings is 1. The summed E-state index contributed by atoms with van der Waals surface area (Å²) in [5.74, 6) is 0.754. The first kappa shape index (κ1) is 11.6. The molecule has 3 rings (SSSR count). The van der Waals surface area contributed by atoms with E-state index in [-0.39, 0.29) is 12.1 Å². The Balaban J connectivity index is 1.70. The highest BCUT2D eigenvalue weighted by Gasteiger charge is 2.22. The molecule has 3 nitrogen and oxygen atoms in total. The maximum Gasteiger partial charge on any atom is 0.315 e. The summed E-state index contributed by atoms with van der Waals surface area (Å²) in [7, 11) is 0. The van der Waals surface area contributed by atoms with Crippen LogP contribution in [0.2, 0.25) is 0 Å². The van der Waals surface area contributed by atoms with Crippen LogP contribution in [0.5, 0.6) is 0 Å². The van der Waals surface area contributed by atoms with Crippen LogP contribution in [-0.4, -0.2) is 12.6 Å². The molecule has 1 aliphatic heterocycles. The van der Waals surface area contributed by atoms with Gasteiger partial charge in [-0.15, -0.1) is 0 Å². The van der Waals surface area contributed by atoms with Crippen molar-refractivity contribution < 1.29 is 4.79 Å². The van der Waals surface area contributed by atoms with E-state index in [0.717, 1.165) is 5.92 Å². The average Bonchev–Trinajstić information content (AvgIpc) is 2.87. The molecule has 0 aromatic heterocycles. The number of amides is 2. The Hall–Kier alpha value is -1.51. The Morgan fingerprint density at radius 2 is 1.61 bits per heavy atom. The molecule has 1 aromatic carbocycles. The summed E-state index contributed by atoms with van der Waals surface area (Å²) in [5, 5.41) is 5.72. The zero-order chi connectivity index (χ0) is 12.4. The normalized spacial score (nSPS) is 24.7. The molecule has 18 heavy (non-hydrogen) atoms. The number of nitrogens with one attached hydrogen (secondary N) is 2. The predicted octanol–water partition coefficient (Wildman–Crippen LogP) is 3.09. The van der Waals surface area contributed by atoms with Crippen LogP contribution in [0.4, 0.5) is 4.79 Å². The Bertz CT molecular complexity index is 421. The van der Waals surface area contributed by atoms with E-state index in [1.54, 1.807) is 0 Å². The van der Waals surface area contributed by atoms with Gasteiger partial charge in [-0.3, -0.25) is 0 Å². The molecule has 0 bridgehead atoms. The lowest BCUT2D eigenvalue weighted by molar-refractivity contribution is 0.247. The topological polar surface area (TPSA) is 41.1 Å². The van der Waals surface area contributed by atoms with Gasteiger partial charge in [-0.2, -0.15) is 0 Å². The molecule has 1 saturated heterocycles. The monoisotopic (exact) mass is 244 g/mol. The van der Waals surface area contributed by atoms with Crippen LogP contribution in [0.15, 0.2) is 24.3 Å². The van der Waals surface area contributed by atoms with Crippen molar-refractivity contribution in [1.82, 2.24) is 10.6 Å². The smallest absolute Gasteiger partial charge is 0.315 e. The summed E-state index contributed by atoms with van der Waals surface area (Å²) >= 11 is 0. The molecule has 3 heteroatoms. The first-order valence-electron chi connectivity index (χ1n) is 6.97. The van der Waals surface area contributed by atoms with Gasteiger partial charge < -0.3 is 10.6 Å². The Kier molecular flexibility index (Phi) is 3.22. The zero-order valence-corrected chi connectivity index (χ0v) is 10.6. The summed E-state index contributed by atoms with van der Waals surface area (Å²) in [4.78, 5) is 11.1. The molecule has 2 fully saturated rings. The molecule has 0 radical (unpaired) electrons. The molecule has 1 aromatic rings. The number of carbonyl (C=O) groups is 1. The van der Waals surface area contributed by atoms with Gasteiger partial charge in [0.1, 0.15) is 0 Å². The van der Waals surface area contributed by atoms with Gasteiger partial charge in [-0.1, -0.05) is 43.5 Å². The second-order valence-electron chi connectivity index (χ2n) is 5.41. The molecular formula is C15H20N2O. The van der Waals surface area contributed by atoms with Gasteiger partial charge in [-0.25, -0.2) is 4.79 Å². The number of carbonyl (C=O) groups excluding carboxylic acids is 1. The maximum absolute atomic E-state index is 11.1. The van der Waals surface area contributed by atoms with Crippen LogP contribution in [0.1, 0.15) is 55.2 Å². The first-order valence-corrected chi connectivity index (χ1v) is 6.97. The predicted molar refractivity (Wildman–Crippen MR) is 71.5 cm³/mol. The van der Waals surface area contributed by atoms with E-state index in [9.17, 15) is 4.79 Å². The SMILES string of the molecule is O=C1NCC(c2ccc(C3CCCCC3)cc2)N1. The van der Waals surface area contributed by atoms with Gasteiger partial charge in [0.05, 0.1) is 6.04 Å². The van der Waals surface area contributed by atoms with Crippen LogP contribution >= 0.6 is 0 Å².